The van der Waals surface area contributed by atoms with E-state index in [4.69, 9.17) is 0 Å². The molecule has 2 aromatic heterocycles. The van der Waals surface area contributed by atoms with Crippen LogP contribution in [0.15, 0.2) is 12.7 Å². The molecule has 2 rings (SSSR count). The molecule has 0 saturated heterocycles. The van der Waals surface area contributed by atoms with Crippen molar-refractivity contribution in [1.29, 1.82) is 0 Å². The lowest BCUT2D eigenvalue weighted by Crippen LogP contribution is -2.11. The summed E-state index contributed by atoms with van der Waals surface area (Å²) in [5, 5.41) is 10.7. The van der Waals surface area contributed by atoms with Gasteiger partial charge in [0.1, 0.15) is 24.3 Å². The number of nitrogens with zero attached hydrogens (tertiary/aromatic N) is 5. The molecule has 0 aliphatic carbocycles. The highest BCUT2D eigenvalue weighted by Crippen LogP contribution is 2.17. The molecule has 2 aromatic rings. The number of nitrogens with one attached hydrogen (secondary N) is 2. The quantitative estimate of drug-likeness (QED) is 0.807. The summed E-state index contributed by atoms with van der Waals surface area (Å²) in [7, 11) is 1.86. The van der Waals surface area contributed by atoms with Gasteiger partial charge in [0.05, 0.1) is 0 Å². The van der Waals surface area contributed by atoms with E-state index >= 15 is 0 Å². The Bertz CT molecular complexity index is 535. The largest absolute Gasteiger partial charge is 0.370 e. The summed E-state index contributed by atoms with van der Waals surface area (Å²) in [5.74, 6) is 2.55. The molecule has 7 heteroatoms. The van der Waals surface area contributed by atoms with E-state index in [1.54, 1.807) is 17.3 Å². The Balaban J connectivity index is 1.94. The molecule has 19 heavy (non-hydrogen) atoms. The number of aromatic nitrogens is 5. The summed E-state index contributed by atoms with van der Waals surface area (Å²) in [4.78, 5) is 12.6. The molecule has 0 saturated carbocycles. The second kappa shape index (κ2) is 6.12. The normalized spacial score (nSPS) is 10.5. The fourth-order valence-corrected chi connectivity index (χ4v) is 1.77. The second-order valence-corrected chi connectivity index (χ2v) is 4.24. The average molecular weight is 261 g/mol. The minimum atomic E-state index is 0.743. The van der Waals surface area contributed by atoms with Crippen LogP contribution in [0.2, 0.25) is 0 Å². The summed E-state index contributed by atoms with van der Waals surface area (Å²) in [5.41, 5.74) is 1.03. The van der Waals surface area contributed by atoms with Crippen LogP contribution in [-0.4, -0.2) is 37.8 Å². The molecular weight excluding hydrogens is 242 g/mol. The van der Waals surface area contributed by atoms with Gasteiger partial charge in [-0.15, -0.1) is 0 Å². The van der Waals surface area contributed by atoms with Crippen LogP contribution in [0.4, 0.5) is 11.6 Å². The van der Waals surface area contributed by atoms with Crippen molar-refractivity contribution in [3.8, 4) is 0 Å². The molecule has 0 amide bonds. The SMILES string of the molecule is CCNc1ncnc(NCCc2ncn(C)n2)c1C. The summed E-state index contributed by atoms with van der Waals surface area (Å²) >= 11 is 0. The van der Waals surface area contributed by atoms with Gasteiger partial charge in [-0.2, -0.15) is 5.10 Å². The molecule has 0 radical (unpaired) electrons. The first-order valence-corrected chi connectivity index (χ1v) is 6.34. The topological polar surface area (TPSA) is 80.5 Å². The average Bonchev–Trinajstić information content (AvgIpc) is 2.80. The van der Waals surface area contributed by atoms with E-state index in [0.717, 1.165) is 42.5 Å². The molecule has 0 fully saturated rings. The molecule has 0 aliphatic heterocycles. The summed E-state index contributed by atoms with van der Waals surface area (Å²) in [6, 6.07) is 0. The molecule has 0 spiro atoms. The minimum Gasteiger partial charge on any atom is -0.370 e. The second-order valence-electron chi connectivity index (χ2n) is 4.24. The maximum atomic E-state index is 4.25. The minimum absolute atomic E-state index is 0.743. The van der Waals surface area contributed by atoms with Gasteiger partial charge in [0, 0.05) is 32.1 Å². The van der Waals surface area contributed by atoms with Gasteiger partial charge in [0.2, 0.25) is 0 Å². The monoisotopic (exact) mass is 261 g/mol. The van der Waals surface area contributed by atoms with Crippen molar-refractivity contribution in [3.05, 3.63) is 24.0 Å². The van der Waals surface area contributed by atoms with Crippen molar-refractivity contribution in [1.82, 2.24) is 24.7 Å². The van der Waals surface area contributed by atoms with Crippen molar-refractivity contribution in [2.75, 3.05) is 23.7 Å². The zero-order chi connectivity index (χ0) is 13.7. The Morgan fingerprint density at radius 1 is 1.16 bits per heavy atom. The molecule has 0 bridgehead atoms. The Morgan fingerprint density at radius 2 is 1.89 bits per heavy atom. The molecular formula is C12H19N7. The van der Waals surface area contributed by atoms with Gasteiger partial charge >= 0.3 is 0 Å². The molecule has 0 aliphatic rings. The molecule has 102 valence electrons. The smallest absolute Gasteiger partial charge is 0.152 e. The Hall–Kier alpha value is -2.18. The highest BCUT2D eigenvalue weighted by molar-refractivity contribution is 5.56. The third-order valence-electron chi connectivity index (χ3n) is 2.72. The number of hydrogen-bond donors (Lipinski definition) is 2. The van der Waals surface area contributed by atoms with Crippen molar-refractivity contribution in [2.45, 2.75) is 20.3 Å². The first kappa shape index (κ1) is 13.3. The highest BCUT2D eigenvalue weighted by Gasteiger charge is 2.06. The first-order valence-electron chi connectivity index (χ1n) is 6.34. The molecule has 7 nitrogen and oxygen atoms in total. The van der Waals surface area contributed by atoms with Crippen LogP contribution in [0.3, 0.4) is 0 Å². The predicted molar refractivity (Wildman–Crippen MR) is 74.1 cm³/mol. The van der Waals surface area contributed by atoms with Gasteiger partial charge < -0.3 is 10.6 Å². The summed E-state index contributed by atoms with van der Waals surface area (Å²) in [6.45, 7) is 5.63. The van der Waals surface area contributed by atoms with E-state index in [1.807, 2.05) is 20.9 Å². The lowest BCUT2D eigenvalue weighted by atomic mass is 10.3. The molecule has 0 unspecified atom stereocenters. The van der Waals surface area contributed by atoms with Gasteiger partial charge in [-0.25, -0.2) is 15.0 Å². The van der Waals surface area contributed by atoms with E-state index in [9.17, 15) is 0 Å². The fraction of sp³-hybridized carbons (Fsp3) is 0.500. The first-order chi connectivity index (χ1) is 9.20. The van der Waals surface area contributed by atoms with Gasteiger partial charge in [0.25, 0.3) is 0 Å². The van der Waals surface area contributed by atoms with Crippen LogP contribution in [0.1, 0.15) is 18.3 Å². The Morgan fingerprint density at radius 3 is 2.53 bits per heavy atom. The van der Waals surface area contributed by atoms with Crippen molar-refractivity contribution < 1.29 is 0 Å². The molecule has 0 atom stereocenters. The van der Waals surface area contributed by atoms with Crippen LogP contribution in [-0.2, 0) is 13.5 Å². The van der Waals surface area contributed by atoms with Gasteiger partial charge in [-0.1, -0.05) is 0 Å². The number of aryl methyl sites for hydroxylation is 1. The van der Waals surface area contributed by atoms with Crippen molar-refractivity contribution in [3.63, 3.8) is 0 Å². The van der Waals surface area contributed by atoms with Gasteiger partial charge in [-0.3, -0.25) is 4.68 Å². The van der Waals surface area contributed by atoms with E-state index in [1.165, 1.54) is 0 Å². The van der Waals surface area contributed by atoms with Gasteiger partial charge in [0.15, 0.2) is 5.82 Å². The zero-order valence-electron chi connectivity index (χ0n) is 11.5. The van der Waals surface area contributed by atoms with Crippen LogP contribution in [0.5, 0.6) is 0 Å². The third-order valence-corrected chi connectivity index (χ3v) is 2.72. The Kier molecular flexibility index (Phi) is 4.27. The zero-order valence-corrected chi connectivity index (χ0v) is 11.5. The van der Waals surface area contributed by atoms with Crippen molar-refractivity contribution in [2.24, 2.45) is 7.05 Å². The molecule has 2 N–H and O–H groups in total. The van der Waals surface area contributed by atoms with E-state index in [-0.39, 0.29) is 0 Å². The van der Waals surface area contributed by atoms with Crippen LogP contribution in [0.25, 0.3) is 0 Å². The lowest BCUT2D eigenvalue weighted by Gasteiger charge is -2.11. The number of hydrogen-bond acceptors (Lipinski definition) is 6. The van der Waals surface area contributed by atoms with Crippen LogP contribution in [0, 0.1) is 6.92 Å². The third kappa shape index (κ3) is 3.40. The van der Waals surface area contributed by atoms with Gasteiger partial charge in [-0.05, 0) is 13.8 Å². The Labute approximate surface area is 112 Å². The summed E-state index contributed by atoms with van der Waals surface area (Å²) < 4.78 is 1.70. The summed E-state index contributed by atoms with van der Waals surface area (Å²) in [6.07, 6.45) is 4.03. The van der Waals surface area contributed by atoms with E-state index in [2.05, 4.69) is 30.7 Å². The number of anilines is 2. The maximum Gasteiger partial charge on any atom is 0.152 e. The fourth-order valence-electron chi connectivity index (χ4n) is 1.77. The molecule has 2 heterocycles. The maximum absolute atomic E-state index is 4.25. The van der Waals surface area contributed by atoms with Crippen LogP contribution >= 0.6 is 0 Å². The van der Waals surface area contributed by atoms with Crippen LogP contribution < -0.4 is 10.6 Å². The van der Waals surface area contributed by atoms with Crippen molar-refractivity contribution >= 4 is 11.6 Å². The van der Waals surface area contributed by atoms with E-state index < -0.39 is 0 Å². The molecule has 0 aromatic carbocycles. The standard InChI is InChI=1S/C12H19N7/c1-4-13-11-9(2)12(16-7-15-11)14-6-5-10-17-8-19(3)18-10/h7-8H,4-6H2,1-3H3,(H2,13,14,15,16). The lowest BCUT2D eigenvalue weighted by molar-refractivity contribution is 0.741. The highest BCUT2D eigenvalue weighted by atomic mass is 15.3. The predicted octanol–water partition coefficient (Wildman–Crippen LogP) is 1.000. The number of rotatable bonds is 6. The van der Waals surface area contributed by atoms with E-state index in [0.29, 0.717) is 0 Å².